The van der Waals surface area contributed by atoms with Gasteiger partial charge in [0.25, 0.3) is 0 Å². The summed E-state index contributed by atoms with van der Waals surface area (Å²) in [6.45, 7) is 0. The zero-order valence-electron chi connectivity index (χ0n) is 8.18. The Hall–Kier alpha value is -1.39. The molecule has 1 aromatic carbocycles. The molecule has 4 nitrogen and oxygen atoms in total. The average molecular weight is 207 g/mol. The number of carbonyl (C=O) groups is 1. The van der Waals surface area contributed by atoms with Gasteiger partial charge in [-0.2, -0.15) is 0 Å². The third-order valence-corrected chi connectivity index (χ3v) is 2.80. The molecule has 1 fully saturated rings. The van der Waals surface area contributed by atoms with Crippen LogP contribution >= 0.6 is 0 Å². The van der Waals surface area contributed by atoms with E-state index in [1.54, 1.807) is 24.3 Å². The van der Waals surface area contributed by atoms with Crippen LogP contribution in [0.1, 0.15) is 30.0 Å². The molecule has 0 spiro atoms. The van der Waals surface area contributed by atoms with Crippen LogP contribution in [-0.2, 0) is 10.4 Å². The third-order valence-electron chi connectivity index (χ3n) is 2.80. The maximum atomic E-state index is 10.6. The highest BCUT2D eigenvalue weighted by Crippen LogP contribution is 2.45. The van der Waals surface area contributed by atoms with Crippen LogP contribution in [0.4, 0.5) is 0 Å². The molecule has 1 aromatic rings. The van der Waals surface area contributed by atoms with Gasteiger partial charge in [0.05, 0.1) is 5.60 Å². The predicted octanol–water partition coefficient (Wildman–Crippen LogP) is 0.752. The Labute approximate surface area is 87.3 Å². The van der Waals surface area contributed by atoms with E-state index in [2.05, 4.69) is 0 Å². The van der Waals surface area contributed by atoms with Gasteiger partial charge in [-0.1, -0.05) is 24.3 Å². The summed E-state index contributed by atoms with van der Waals surface area (Å²) in [5.41, 5.74) is 6.16. The first-order chi connectivity index (χ1) is 7.03. The molecular formula is C11H13NO3. The SMILES string of the molecule is NC(C(=O)O)c1ccc(C2(O)CC2)cc1. The predicted molar refractivity (Wildman–Crippen MR) is 54.1 cm³/mol. The fourth-order valence-electron chi connectivity index (χ4n) is 1.55. The first-order valence-corrected chi connectivity index (χ1v) is 4.84. The van der Waals surface area contributed by atoms with E-state index in [1.165, 1.54) is 0 Å². The summed E-state index contributed by atoms with van der Waals surface area (Å²) in [7, 11) is 0. The quantitative estimate of drug-likeness (QED) is 0.683. The summed E-state index contributed by atoms with van der Waals surface area (Å²) >= 11 is 0. The van der Waals surface area contributed by atoms with Crippen LogP contribution in [0.25, 0.3) is 0 Å². The second-order valence-corrected chi connectivity index (χ2v) is 3.97. The van der Waals surface area contributed by atoms with Gasteiger partial charge in [0, 0.05) is 0 Å². The lowest BCUT2D eigenvalue weighted by Crippen LogP contribution is -2.20. The lowest BCUT2D eigenvalue weighted by Gasteiger charge is -2.10. The van der Waals surface area contributed by atoms with E-state index in [0.29, 0.717) is 5.56 Å². The van der Waals surface area contributed by atoms with Crippen molar-refractivity contribution in [3.05, 3.63) is 35.4 Å². The fraction of sp³-hybridized carbons (Fsp3) is 0.364. The van der Waals surface area contributed by atoms with Crippen molar-refractivity contribution < 1.29 is 15.0 Å². The Kier molecular flexibility index (Phi) is 2.25. The van der Waals surface area contributed by atoms with E-state index in [1.807, 2.05) is 0 Å². The van der Waals surface area contributed by atoms with Gasteiger partial charge in [-0.05, 0) is 24.0 Å². The first-order valence-electron chi connectivity index (χ1n) is 4.84. The molecule has 1 saturated carbocycles. The Morgan fingerprint density at radius 1 is 1.33 bits per heavy atom. The molecule has 0 saturated heterocycles. The lowest BCUT2D eigenvalue weighted by molar-refractivity contribution is -0.138. The molecular weight excluding hydrogens is 194 g/mol. The van der Waals surface area contributed by atoms with Crippen molar-refractivity contribution in [3.63, 3.8) is 0 Å². The van der Waals surface area contributed by atoms with Gasteiger partial charge in [-0.25, -0.2) is 0 Å². The van der Waals surface area contributed by atoms with Crippen LogP contribution in [0, 0.1) is 0 Å². The number of hydrogen-bond donors (Lipinski definition) is 3. The first kappa shape index (κ1) is 10.1. The van der Waals surface area contributed by atoms with Gasteiger partial charge in [0.2, 0.25) is 0 Å². The van der Waals surface area contributed by atoms with Crippen LogP contribution in [0.15, 0.2) is 24.3 Å². The van der Waals surface area contributed by atoms with Crippen molar-refractivity contribution in [1.82, 2.24) is 0 Å². The number of hydrogen-bond acceptors (Lipinski definition) is 3. The van der Waals surface area contributed by atoms with E-state index >= 15 is 0 Å². The Morgan fingerprint density at radius 3 is 2.27 bits per heavy atom. The van der Waals surface area contributed by atoms with Gasteiger partial charge >= 0.3 is 5.97 Å². The van der Waals surface area contributed by atoms with Crippen LogP contribution in [0.3, 0.4) is 0 Å². The molecule has 4 N–H and O–H groups in total. The van der Waals surface area contributed by atoms with E-state index < -0.39 is 17.6 Å². The standard InChI is InChI=1S/C11H13NO3/c12-9(10(13)14)7-1-3-8(4-2-7)11(15)5-6-11/h1-4,9,15H,5-6,12H2,(H,13,14). The Morgan fingerprint density at radius 2 is 1.87 bits per heavy atom. The molecule has 0 aliphatic heterocycles. The van der Waals surface area contributed by atoms with Crippen LogP contribution < -0.4 is 5.73 Å². The number of aliphatic carboxylic acids is 1. The molecule has 1 unspecified atom stereocenters. The highest BCUT2D eigenvalue weighted by molar-refractivity contribution is 5.75. The maximum absolute atomic E-state index is 10.6. The lowest BCUT2D eigenvalue weighted by atomic mass is 10.0. The topological polar surface area (TPSA) is 83.6 Å². The molecule has 4 heteroatoms. The molecule has 1 aliphatic carbocycles. The molecule has 0 amide bonds. The van der Waals surface area contributed by atoms with Crippen molar-refractivity contribution in [2.45, 2.75) is 24.5 Å². The normalized spacial score (nSPS) is 19.6. The van der Waals surface area contributed by atoms with Crippen LogP contribution in [0.2, 0.25) is 0 Å². The smallest absolute Gasteiger partial charge is 0.325 e. The van der Waals surface area contributed by atoms with Crippen molar-refractivity contribution in [1.29, 1.82) is 0 Å². The Balaban J connectivity index is 2.20. The van der Waals surface area contributed by atoms with E-state index in [4.69, 9.17) is 10.8 Å². The van der Waals surface area contributed by atoms with Gasteiger partial charge in [0.15, 0.2) is 0 Å². The summed E-state index contributed by atoms with van der Waals surface area (Å²) < 4.78 is 0. The van der Waals surface area contributed by atoms with Crippen molar-refractivity contribution in [3.8, 4) is 0 Å². The van der Waals surface area contributed by atoms with Gasteiger partial charge in [-0.15, -0.1) is 0 Å². The molecule has 0 aromatic heterocycles. The number of carboxylic acids is 1. The largest absolute Gasteiger partial charge is 0.480 e. The second-order valence-electron chi connectivity index (χ2n) is 3.97. The van der Waals surface area contributed by atoms with Crippen molar-refractivity contribution >= 4 is 5.97 Å². The number of aliphatic hydroxyl groups is 1. The Bertz CT molecular complexity index is 381. The molecule has 0 heterocycles. The summed E-state index contributed by atoms with van der Waals surface area (Å²) in [6.07, 6.45) is 1.55. The average Bonchev–Trinajstić information content (AvgIpc) is 2.97. The van der Waals surface area contributed by atoms with Gasteiger partial charge in [-0.3, -0.25) is 4.79 Å². The summed E-state index contributed by atoms with van der Waals surface area (Å²) in [5.74, 6) is -1.05. The highest BCUT2D eigenvalue weighted by atomic mass is 16.4. The summed E-state index contributed by atoms with van der Waals surface area (Å²) in [5, 5.41) is 18.5. The highest BCUT2D eigenvalue weighted by Gasteiger charge is 2.41. The number of rotatable bonds is 3. The number of benzene rings is 1. The van der Waals surface area contributed by atoms with E-state index in [9.17, 15) is 9.90 Å². The van der Waals surface area contributed by atoms with Gasteiger partial charge < -0.3 is 15.9 Å². The molecule has 1 aliphatic rings. The fourth-order valence-corrected chi connectivity index (χ4v) is 1.55. The maximum Gasteiger partial charge on any atom is 0.325 e. The summed E-state index contributed by atoms with van der Waals surface area (Å²) in [6, 6.07) is 5.80. The zero-order valence-corrected chi connectivity index (χ0v) is 8.18. The molecule has 1 atom stereocenters. The molecule has 2 rings (SSSR count). The van der Waals surface area contributed by atoms with Crippen LogP contribution in [-0.4, -0.2) is 16.2 Å². The van der Waals surface area contributed by atoms with E-state index in [0.717, 1.165) is 18.4 Å². The third kappa shape index (κ3) is 1.86. The molecule has 0 radical (unpaired) electrons. The zero-order chi connectivity index (χ0) is 11.1. The minimum absolute atomic E-state index is 0.551. The molecule has 80 valence electrons. The minimum atomic E-state index is -1.05. The van der Waals surface area contributed by atoms with Crippen molar-refractivity contribution in [2.24, 2.45) is 5.73 Å². The van der Waals surface area contributed by atoms with Crippen molar-refractivity contribution in [2.75, 3.05) is 0 Å². The van der Waals surface area contributed by atoms with Gasteiger partial charge in [0.1, 0.15) is 6.04 Å². The summed E-state index contributed by atoms with van der Waals surface area (Å²) in [4.78, 5) is 10.6. The minimum Gasteiger partial charge on any atom is -0.480 e. The molecule has 0 bridgehead atoms. The monoisotopic (exact) mass is 207 g/mol. The number of nitrogens with two attached hydrogens (primary N) is 1. The molecule has 15 heavy (non-hydrogen) atoms. The van der Waals surface area contributed by atoms with E-state index in [-0.39, 0.29) is 0 Å². The number of carboxylic acid groups (broad SMARTS) is 1. The second kappa shape index (κ2) is 3.32. The van der Waals surface area contributed by atoms with Crippen LogP contribution in [0.5, 0.6) is 0 Å².